The molecule has 2 aromatic rings. The lowest BCUT2D eigenvalue weighted by Crippen LogP contribution is -2.43. The second-order valence-corrected chi connectivity index (χ2v) is 5.51. The van der Waals surface area contributed by atoms with Crippen LogP contribution in [0.25, 0.3) is 0 Å². The Morgan fingerprint density at radius 1 is 1.29 bits per heavy atom. The summed E-state index contributed by atoms with van der Waals surface area (Å²) in [6, 6.07) is 7.20. The van der Waals surface area contributed by atoms with Crippen molar-refractivity contribution in [2.24, 2.45) is 0 Å². The summed E-state index contributed by atoms with van der Waals surface area (Å²) in [6.45, 7) is 1.28. The Bertz CT molecular complexity index is 673. The number of anilines is 1. The maximum atomic E-state index is 12.3. The number of hydrogen-bond acceptors (Lipinski definition) is 5. The molecule has 1 aliphatic heterocycles. The monoisotopic (exact) mass is 328 g/mol. The summed E-state index contributed by atoms with van der Waals surface area (Å²) in [5.74, 6) is 1.24. The SMILES string of the molecule is COc1cccc(NC(=O)N2CCC(Oc3cnccn3)CC2)c1. The van der Waals surface area contributed by atoms with Crippen molar-refractivity contribution in [3.05, 3.63) is 42.9 Å². The van der Waals surface area contributed by atoms with Gasteiger partial charge in [0.05, 0.1) is 13.3 Å². The number of nitrogens with one attached hydrogen (secondary N) is 1. The molecule has 7 nitrogen and oxygen atoms in total. The van der Waals surface area contributed by atoms with Gasteiger partial charge in [-0.2, -0.15) is 0 Å². The largest absolute Gasteiger partial charge is 0.497 e. The predicted molar refractivity (Wildman–Crippen MR) is 89.3 cm³/mol. The molecule has 0 radical (unpaired) electrons. The Labute approximate surface area is 140 Å². The molecular formula is C17H20N4O3. The third kappa shape index (κ3) is 4.13. The van der Waals surface area contributed by atoms with Gasteiger partial charge in [-0.1, -0.05) is 6.07 Å². The number of amides is 2. The molecule has 0 saturated carbocycles. The molecule has 24 heavy (non-hydrogen) atoms. The molecule has 1 aliphatic rings. The van der Waals surface area contributed by atoms with Crippen LogP contribution in [0.2, 0.25) is 0 Å². The van der Waals surface area contributed by atoms with Crippen molar-refractivity contribution in [3.63, 3.8) is 0 Å². The van der Waals surface area contributed by atoms with Gasteiger partial charge in [0.15, 0.2) is 0 Å². The molecule has 0 unspecified atom stereocenters. The van der Waals surface area contributed by atoms with Crippen LogP contribution in [0.5, 0.6) is 11.6 Å². The van der Waals surface area contributed by atoms with Crippen molar-refractivity contribution >= 4 is 11.7 Å². The molecule has 1 fully saturated rings. The molecule has 1 aromatic carbocycles. The van der Waals surface area contributed by atoms with E-state index in [0.29, 0.717) is 24.7 Å². The first kappa shape index (κ1) is 16.0. The van der Waals surface area contributed by atoms with Gasteiger partial charge >= 0.3 is 6.03 Å². The lowest BCUT2D eigenvalue weighted by atomic mass is 10.1. The standard InChI is InChI=1S/C17H20N4O3/c1-23-15-4-2-3-13(11-15)20-17(22)21-9-5-14(6-10-21)24-16-12-18-7-8-19-16/h2-4,7-8,11-12,14H,5-6,9-10H2,1H3,(H,20,22). The van der Waals surface area contributed by atoms with Gasteiger partial charge in [-0.25, -0.2) is 9.78 Å². The van der Waals surface area contributed by atoms with E-state index < -0.39 is 0 Å². The Morgan fingerprint density at radius 3 is 2.83 bits per heavy atom. The van der Waals surface area contributed by atoms with Crippen molar-refractivity contribution in [1.29, 1.82) is 0 Å². The molecule has 1 N–H and O–H groups in total. The smallest absolute Gasteiger partial charge is 0.321 e. The third-order valence-electron chi connectivity index (χ3n) is 3.88. The number of rotatable bonds is 4. The lowest BCUT2D eigenvalue weighted by Gasteiger charge is -2.31. The number of benzene rings is 1. The van der Waals surface area contributed by atoms with Crippen molar-refractivity contribution in [3.8, 4) is 11.6 Å². The van der Waals surface area contributed by atoms with Crippen molar-refractivity contribution in [2.45, 2.75) is 18.9 Å². The minimum absolute atomic E-state index is 0.0579. The number of aromatic nitrogens is 2. The summed E-state index contributed by atoms with van der Waals surface area (Å²) >= 11 is 0. The maximum absolute atomic E-state index is 12.3. The minimum atomic E-state index is -0.110. The van der Waals surface area contributed by atoms with E-state index in [-0.39, 0.29) is 12.1 Å². The van der Waals surface area contributed by atoms with Gasteiger partial charge in [-0.05, 0) is 12.1 Å². The molecule has 126 valence electrons. The van der Waals surface area contributed by atoms with Crippen LogP contribution < -0.4 is 14.8 Å². The molecular weight excluding hydrogens is 308 g/mol. The van der Waals surface area contributed by atoms with Crippen LogP contribution in [0.3, 0.4) is 0 Å². The Balaban J connectivity index is 1.49. The topological polar surface area (TPSA) is 76.6 Å². The van der Waals surface area contributed by atoms with E-state index in [1.54, 1.807) is 36.7 Å². The molecule has 0 bridgehead atoms. The van der Waals surface area contributed by atoms with Gasteiger partial charge in [0.1, 0.15) is 11.9 Å². The molecule has 2 heterocycles. The zero-order chi connectivity index (χ0) is 16.8. The number of carbonyl (C=O) groups is 1. The van der Waals surface area contributed by atoms with Gasteiger partial charge in [0.2, 0.25) is 5.88 Å². The minimum Gasteiger partial charge on any atom is -0.497 e. The number of urea groups is 1. The van der Waals surface area contributed by atoms with Gasteiger partial charge in [-0.15, -0.1) is 0 Å². The van der Waals surface area contributed by atoms with Crippen LogP contribution in [0, 0.1) is 0 Å². The molecule has 7 heteroatoms. The maximum Gasteiger partial charge on any atom is 0.321 e. The predicted octanol–water partition coefficient (Wildman–Crippen LogP) is 2.56. The van der Waals surface area contributed by atoms with Crippen molar-refractivity contribution < 1.29 is 14.3 Å². The summed E-state index contributed by atoms with van der Waals surface area (Å²) in [5.41, 5.74) is 0.720. The Hall–Kier alpha value is -2.83. The first-order valence-electron chi connectivity index (χ1n) is 7.87. The van der Waals surface area contributed by atoms with Crippen molar-refractivity contribution in [2.75, 3.05) is 25.5 Å². The van der Waals surface area contributed by atoms with E-state index in [1.807, 2.05) is 18.2 Å². The molecule has 1 saturated heterocycles. The van der Waals surface area contributed by atoms with E-state index in [9.17, 15) is 4.79 Å². The second-order valence-electron chi connectivity index (χ2n) is 5.51. The average Bonchev–Trinajstić information content (AvgIpc) is 2.63. The van der Waals surface area contributed by atoms with Gasteiger partial charge in [-0.3, -0.25) is 4.98 Å². The molecule has 0 atom stereocenters. The molecule has 0 spiro atoms. The number of hydrogen-bond donors (Lipinski definition) is 1. The van der Waals surface area contributed by atoms with Crippen LogP contribution in [-0.4, -0.2) is 47.2 Å². The zero-order valence-electron chi connectivity index (χ0n) is 13.5. The Kier molecular flexibility index (Phi) is 5.10. The highest BCUT2D eigenvalue weighted by molar-refractivity contribution is 5.89. The van der Waals surface area contributed by atoms with E-state index in [2.05, 4.69) is 15.3 Å². The van der Waals surface area contributed by atoms with Gasteiger partial charge in [0.25, 0.3) is 0 Å². The highest BCUT2D eigenvalue weighted by Crippen LogP contribution is 2.19. The molecule has 1 aromatic heterocycles. The zero-order valence-corrected chi connectivity index (χ0v) is 13.5. The third-order valence-corrected chi connectivity index (χ3v) is 3.88. The van der Waals surface area contributed by atoms with Gasteiger partial charge in [0, 0.05) is 50.1 Å². The van der Waals surface area contributed by atoms with Gasteiger partial charge < -0.3 is 19.7 Å². The fourth-order valence-corrected chi connectivity index (χ4v) is 2.60. The second kappa shape index (κ2) is 7.63. The first-order chi connectivity index (χ1) is 11.7. The van der Waals surface area contributed by atoms with Crippen LogP contribution in [0.15, 0.2) is 42.9 Å². The quantitative estimate of drug-likeness (QED) is 0.933. The fraction of sp³-hybridized carbons (Fsp3) is 0.353. The number of ether oxygens (including phenoxy) is 2. The first-order valence-corrected chi connectivity index (χ1v) is 7.87. The summed E-state index contributed by atoms with van der Waals surface area (Å²) in [4.78, 5) is 22.2. The number of piperidine rings is 1. The summed E-state index contributed by atoms with van der Waals surface area (Å²) in [6.07, 6.45) is 6.40. The van der Waals surface area contributed by atoms with Crippen LogP contribution in [0.4, 0.5) is 10.5 Å². The van der Waals surface area contributed by atoms with E-state index in [0.717, 1.165) is 18.5 Å². The highest BCUT2D eigenvalue weighted by Gasteiger charge is 2.24. The molecule has 3 rings (SSSR count). The number of methoxy groups -OCH3 is 1. The number of carbonyl (C=O) groups excluding carboxylic acids is 1. The summed E-state index contributed by atoms with van der Waals surface area (Å²) < 4.78 is 10.9. The number of nitrogens with zero attached hydrogens (tertiary/aromatic N) is 3. The average molecular weight is 328 g/mol. The van der Waals surface area contributed by atoms with E-state index in [1.165, 1.54) is 0 Å². The highest BCUT2D eigenvalue weighted by atomic mass is 16.5. The fourth-order valence-electron chi connectivity index (χ4n) is 2.60. The summed E-state index contributed by atoms with van der Waals surface area (Å²) in [7, 11) is 1.60. The normalized spacial score (nSPS) is 15.0. The van der Waals surface area contributed by atoms with Crippen LogP contribution in [-0.2, 0) is 0 Å². The van der Waals surface area contributed by atoms with Crippen molar-refractivity contribution in [1.82, 2.24) is 14.9 Å². The Morgan fingerprint density at radius 2 is 2.12 bits per heavy atom. The van der Waals surface area contributed by atoms with E-state index >= 15 is 0 Å². The van der Waals surface area contributed by atoms with Crippen LogP contribution in [0.1, 0.15) is 12.8 Å². The van der Waals surface area contributed by atoms with Crippen LogP contribution >= 0.6 is 0 Å². The number of likely N-dealkylation sites (tertiary alicyclic amines) is 1. The lowest BCUT2D eigenvalue weighted by molar-refractivity contribution is 0.111. The summed E-state index contributed by atoms with van der Waals surface area (Å²) in [5, 5.41) is 2.89. The van der Waals surface area contributed by atoms with E-state index in [4.69, 9.17) is 9.47 Å². The molecule has 0 aliphatic carbocycles. The molecule has 2 amide bonds.